The van der Waals surface area contributed by atoms with Crippen molar-refractivity contribution in [3.8, 4) is 11.5 Å². The van der Waals surface area contributed by atoms with Crippen LogP contribution in [0.2, 0.25) is 0 Å². The first-order chi connectivity index (χ1) is 12.5. The highest BCUT2D eigenvalue weighted by Gasteiger charge is 2.33. The molecule has 0 N–H and O–H groups in total. The zero-order chi connectivity index (χ0) is 18.3. The second-order valence-electron chi connectivity index (χ2n) is 7.27. The molecule has 0 spiro atoms. The Morgan fingerprint density at radius 1 is 1.35 bits per heavy atom. The number of ketones is 1. The topological polar surface area (TPSA) is 51.7 Å². The fourth-order valence-corrected chi connectivity index (χ4v) is 3.54. The lowest BCUT2D eigenvalue weighted by atomic mass is 10.00. The van der Waals surface area contributed by atoms with Crippen LogP contribution >= 0.6 is 0 Å². The average Bonchev–Trinajstić information content (AvgIpc) is 2.92. The summed E-state index contributed by atoms with van der Waals surface area (Å²) in [5.41, 5.74) is 3.40. The number of carbonyl (C=O) groups excluding carboxylic acids is 1. The van der Waals surface area contributed by atoms with Crippen LogP contribution in [0.15, 0.2) is 36.4 Å². The molecule has 0 bridgehead atoms. The molecule has 26 heavy (non-hydrogen) atoms. The van der Waals surface area contributed by atoms with Crippen LogP contribution in [-0.4, -0.2) is 28.9 Å². The van der Waals surface area contributed by atoms with E-state index >= 15 is 0 Å². The van der Waals surface area contributed by atoms with E-state index in [1.54, 1.807) is 18.5 Å². The Morgan fingerprint density at radius 2 is 2.19 bits per heavy atom. The molecule has 0 fully saturated rings. The Bertz CT molecular complexity index is 888. The van der Waals surface area contributed by atoms with E-state index in [1.807, 2.05) is 25.1 Å². The molecule has 5 nitrogen and oxygen atoms in total. The van der Waals surface area contributed by atoms with Crippen LogP contribution in [0, 0.1) is 12.8 Å². The largest absolute Gasteiger partial charge is 0.477 e. The van der Waals surface area contributed by atoms with Gasteiger partial charge in [0.25, 0.3) is 0 Å². The molecule has 134 valence electrons. The molecular weight excluding hydrogens is 328 g/mol. The highest BCUT2D eigenvalue weighted by molar-refractivity contribution is 6.15. The summed E-state index contributed by atoms with van der Waals surface area (Å²) in [5, 5.41) is 0. The predicted molar refractivity (Wildman–Crippen MR) is 99.1 cm³/mol. The number of pyridine rings is 1. The molecule has 0 saturated heterocycles. The average molecular weight is 350 g/mol. The molecule has 0 radical (unpaired) electrons. The van der Waals surface area contributed by atoms with Gasteiger partial charge in [0.05, 0.1) is 5.56 Å². The van der Waals surface area contributed by atoms with Gasteiger partial charge in [0, 0.05) is 36.6 Å². The van der Waals surface area contributed by atoms with Crippen molar-refractivity contribution < 1.29 is 14.3 Å². The van der Waals surface area contributed by atoms with E-state index in [4.69, 9.17) is 9.47 Å². The van der Waals surface area contributed by atoms with Crippen molar-refractivity contribution in [2.24, 2.45) is 5.92 Å². The number of carbonyl (C=O) groups is 1. The standard InChI is InChI=1S/C21H22N2O3/c1-13(2)10-23-11-16-8-17-19(24)18(7-15-5-4-6-22-9-15)26-21(17)14(3)20(16)25-12-23/h4-9,13H,10-12H2,1-3H3/b18-7-. The van der Waals surface area contributed by atoms with E-state index in [9.17, 15) is 4.79 Å². The first-order valence-corrected chi connectivity index (χ1v) is 8.89. The quantitative estimate of drug-likeness (QED) is 0.788. The van der Waals surface area contributed by atoms with Crippen molar-refractivity contribution >= 4 is 11.9 Å². The van der Waals surface area contributed by atoms with Crippen molar-refractivity contribution in [2.75, 3.05) is 13.3 Å². The highest BCUT2D eigenvalue weighted by Crippen LogP contribution is 2.43. The molecule has 3 heterocycles. The van der Waals surface area contributed by atoms with E-state index in [1.165, 1.54) is 0 Å². The number of benzene rings is 1. The third-order valence-corrected chi connectivity index (χ3v) is 4.61. The van der Waals surface area contributed by atoms with Crippen LogP contribution in [0.3, 0.4) is 0 Å². The highest BCUT2D eigenvalue weighted by atomic mass is 16.5. The maximum Gasteiger partial charge on any atom is 0.231 e. The minimum Gasteiger partial charge on any atom is -0.477 e. The second kappa shape index (κ2) is 6.57. The maximum absolute atomic E-state index is 12.8. The van der Waals surface area contributed by atoms with Gasteiger partial charge in [-0.15, -0.1) is 0 Å². The van der Waals surface area contributed by atoms with Crippen molar-refractivity contribution in [3.63, 3.8) is 0 Å². The molecule has 2 aliphatic rings. The molecule has 0 amide bonds. The van der Waals surface area contributed by atoms with Gasteiger partial charge >= 0.3 is 0 Å². The van der Waals surface area contributed by atoms with E-state index in [0.717, 1.165) is 35.5 Å². The van der Waals surface area contributed by atoms with Gasteiger partial charge in [-0.05, 0) is 36.6 Å². The number of ether oxygens (including phenoxy) is 2. The normalized spacial score (nSPS) is 17.8. The number of hydrogen-bond donors (Lipinski definition) is 0. The van der Waals surface area contributed by atoms with Gasteiger partial charge in [0.2, 0.25) is 5.78 Å². The van der Waals surface area contributed by atoms with Gasteiger partial charge in [0.1, 0.15) is 18.2 Å². The van der Waals surface area contributed by atoms with Crippen molar-refractivity contribution in [1.82, 2.24) is 9.88 Å². The monoisotopic (exact) mass is 350 g/mol. The Morgan fingerprint density at radius 3 is 2.92 bits per heavy atom. The smallest absolute Gasteiger partial charge is 0.231 e. The van der Waals surface area contributed by atoms with Gasteiger partial charge in [0.15, 0.2) is 5.76 Å². The minimum absolute atomic E-state index is 0.0873. The lowest BCUT2D eigenvalue weighted by molar-refractivity contribution is 0.0835. The molecule has 1 aromatic carbocycles. The van der Waals surface area contributed by atoms with Gasteiger partial charge in [-0.3, -0.25) is 14.7 Å². The van der Waals surface area contributed by atoms with Gasteiger partial charge in [-0.25, -0.2) is 0 Å². The number of rotatable bonds is 3. The van der Waals surface area contributed by atoms with Crippen LogP contribution in [0.25, 0.3) is 6.08 Å². The van der Waals surface area contributed by atoms with E-state index in [0.29, 0.717) is 29.7 Å². The summed E-state index contributed by atoms with van der Waals surface area (Å²) in [7, 11) is 0. The number of aromatic nitrogens is 1. The third-order valence-electron chi connectivity index (χ3n) is 4.61. The SMILES string of the molecule is Cc1c2c(cc3c1O/C(=C\c1cccnc1)C3=O)CN(CC(C)C)CO2. The number of Topliss-reactive ketones (excluding diaryl/α,β-unsaturated/α-hetero) is 1. The molecule has 0 unspecified atom stereocenters. The Kier molecular flexibility index (Phi) is 4.24. The summed E-state index contributed by atoms with van der Waals surface area (Å²) in [5.74, 6) is 2.27. The van der Waals surface area contributed by atoms with Crippen molar-refractivity contribution in [1.29, 1.82) is 0 Å². The molecule has 1 aromatic heterocycles. The predicted octanol–water partition coefficient (Wildman–Crippen LogP) is 3.81. The zero-order valence-electron chi connectivity index (χ0n) is 15.3. The van der Waals surface area contributed by atoms with Crippen LogP contribution in [0.1, 0.15) is 40.9 Å². The summed E-state index contributed by atoms with van der Waals surface area (Å²) in [6.45, 7) is 8.66. The molecule has 2 aliphatic heterocycles. The third kappa shape index (κ3) is 2.99. The van der Waals surface area contributed by atoms with E-state index in [-0.39, 0.29) is 5.78 Å². The van der Waals surface area contributed by atoms with Crippen LogP contribution in [0.4, 0.5) is 0 Å². The molecule has 0 saturated carbocycles. The number of hydrogen-bond acceptors (Lipinski definition) is 5. The van der Waals surface area contributed by atoms with Crippen molar-refractivity contribution in [2.45, 2.75) is 27.3 Å². The summed E-state index contributed by atoms with van der Waals surface area (Å²) < 4.78 is 11.9. The number of nitrogens with zero attached hydrogens (tertiary/aromatic N) is 2. The van der Waals surface area contributed by atoms with Gasteiger partial charge < -0.3 is 9.47 Å². The number of fused-ring (bicyclic) bond motifs is 2. The summed E-state index contributed by atoms with van der Waals surface area (Å²) in [6, 6.07) is 5.65. The number of allylic oxidation sites excluding steroid dienone is 1. The van der Waals surface area contributed by atoms with E-state index in [2.05, 4.69) is 23.7 Å². The summed E-state index contributed by atoms with van der Waals surface area (Å²) in [6.07, 6.45) is 5.14. The lowest BCUT2D eigenvalue weighted by Gasteiger charge is -2.31. The second-order valence-corrected chi connectivity index (χ2v) is 7.27. The first-order valence-electron chi connectivity index (χ1n) is 8.89. The molecule has 2 aromatic rings. The van der Waals surface area contributed by atoms with Crippen LogP contribution in [-0.2, 0) is 6.54 Å². The molecule has 5 heteroatoms. The van der Waals surface area contributed by atoms with E-state index < -0.39 is 0 Å². The van der Waals surface area contributed by atoms with Gasteiger partial charge in [-0.1, -0.05) is 19.9 Å². The van der Waals surface area contributed by atoms with Crippen LogP contribution in [0.5, 0.6) is 11.5 Å². The zero-order valence-corrected chi connectivity index (χ0v) is 15.3. The lowest BCUT2D eigenvalue weighted by Crippen LogP contribution is -2.35. The van der Waals surface area contributed by atoms with Crippen LogP contribution < -0.4 is 9.47 Å². The Labute approximate surface area is 153 Å². The molecule has 4 rings (SSSR count). The van der Waals surface area contributed by atoms with Gasteiger partial charge in [-0.2, -0.15) is 0 Å². The molecule has 0 aliphatic carbocycles. The summed E-state index contributed by atoms with van der Waals surface area (Å²) in [4.78, 5) is 19.2. The summed E-state index contributed by atoms with van der Waals surface area (Å²) >= 11 is 0. The first kappa shape index (κ1) is 16.8. The molecular formula is C21H22N2O3. The Hall–Kier alpha value is -2.66. The minimum atomic E-state index is -0.0873. The fourth-order valence-electron chi connectivity index (χ4n) is 3.54. The molecule has 0 atom stereocenters. The fraction of sp³-hybridized carbons (Fsp3) is 0.333. The maximum atomic E-state index is 12.8. The van der Waals surface area contributed by atoms with Crippen molar-refractivity contribution in [3.05, 3.63) is 58.6 Å². The Balaban J connectivity index is 1.68.